The molecule has 1 N–H and O–H groups in total. The number of aliphatic carboxylic acids is 1. The van der Waals surface area contributed by atoms with Crippen molar-refractivity contribution in [2.45, 2.75) is 19.2 Å². The first-order chi connectivity index (χ1) is 8.19. The molecule has 8 heteroatoms. The van der Waals surface area contributed by atoms with Crippen LogP contribution in [0.3, 0.4) is 0 Å². The van der Waals surface area contributed by atoms with Crippen LogP contribution in [0.4, 0.5) is 22.0 Å². The summed E-state index contributed by atoms with van der Waals surface area (Å²) in [6.45, 7) is 0. The lowest BCUT2D eigenvalue weighted by Crippen LogP contribution is -2.19. The molecule has 0 saturated heterocycles. The predicted octanol–water partition coefficient (Wildman–Crippen LogP) is 3.15. The SMILES string of the molecule is O=C(O)Cc1ccc(C(F)F)cc1OC(F)(F)F. The summed E-state index contributed by atoms with van der Waals surface area (Å²) in [5.74, 6) is -2.32. The average Bonchev–Trinajstić information content (AvgIpc) is 2.17. The van der Waals surface area contributed by atoms with E-state index in [1.165, 1.54) is 0 Å². The van der Waals surface area contributed by atoms with E-state index in [1.54, 1.807) is 0 Å². The third-order valence-corrected chi connectivity index (χ3v) is 1.91. The molecule has 1 rings (SSSR count). The molecule has 0 heterocycles. The maximum absolute atomic E-state index is 12.3. The minimum atomic E-state index is -5.08. The number of carboxylic acids is 1. The second-order valence-corrected chi connectivity index (χ2v) is 3.29. The lowest BCUT2D eigenvalue weighted by atomic mass is 10.1. The number of carbonyl (C=O) groups is 1. The van der Waals surface area contributed by atoms with Crippen molar-refractivity contribution in [2.24, 2.45) is 0 Å². The molecule has 0 saturated carbocycles. The van der Waals surface area contributed by atoms with Gasteiger partial charge in [0.25, 0.3) is 6.43 Å². The van der Waals surface area contributed by atoms with Gasteiger partial charge in [-0.15, -0.1) is 13.2 Å². The van der Waals surface area contributed by atoms with Crippen molar-refractivity contribution in [2.75, 3.05) is 0 Å². The number of ether oxygens (including phenoxy) is 1. The minimum Gasteiger partial charge on any atom is -0.481 e. The first kappa shape index (κ1) is 14.2. The third kappa shape index (κ3) is 4.19. The van der Waals surface area contributed by atoms with Gasteiger partial charge in [-0.25, -0.2) is 8.78 Å². The Morgan fingerprint density at radius 3 is 2.39 bits per heavy atom. The van der Waals surface area contributed by atoms with Crippen LogP contribution in [0.25, 0.3) is 0 Å². The zero-order chi connectivity index (χ0) is 13.9. The van der Waals surface area contributed by atoms with Crippen LogP contribution in [-0.2, 0) is 11.2 Å². The summed E-state index contributed by atoms with van der Waals surface area (Å²) < 4.78 is 64.3. The summed E-state index contributed by atoms with van der Waals surface area (Å²) in [6.07, 6.45) is -8.80. The smallest absolute Gasteiger partial charge is 0.481 e. The van der Waals surface area contributed by atoms with Crippen LogP contribution in [0.15, 0.2) is 18.2 Å². The van der Waals surface area contributed by atoms with Gasteiger partial charge < -0.3 is 9.84 Å². The Morgan fingerprint density at radius 1 is 1.33 bits per heavy atom. The van der Waals surface area contributed by atoms with Gasteiger partial charge in [-0.2, -0.15) is 0 Å². The monoisotopic (exact) mass is 270 g/mol. The number of hydrogen-bond acceptors (Lipinski definition) is 2. The summed E-state index contributed by atoms with van der Waals surface area (Å²) in [7, 11) is 0. The van der Waals surface area contributed by atoms with Crippen LogP contribution >= 0.6 is 0 Å². The first-order valence-corrected chi connectivity index (χ1v) is 4.57. The third-order valence-electron chi connectivity index (χ3n) is 1.91. The Balaban J connectivity index is 3.13. The fraction of sp³-hybridized carbons (Fsp3) is 0.300. The quantitative estimate of drug-likeness (QED) is 0.855. The van der Waals surface area contributed by atoms with Gasteiger partial charge in [-0.05, 0) is 6.07 Å². The minimum absolute atomic E-state index is 0.329. The van der Waals surface area contributed by atoms with E-state index in [4.69, 9.17) is 5.11 Å². The number of carboxylic acid groups (broad SMARTS) is 1. The predicted molar refractivity (Wildman–Crippen MR) is 49.4 cm³/mol. The van der Waals surface area contributed by atoms with Crippen molar-refractivity contribution in [3.8, 4) is 5.75 Å². The maximum atomic E-state index is 12.3. The van der Waals surface area contributed by atoms with Gasteiger partial charge in [-0.1, -0.05) is 12.1 Å². The summed E-state index contributed by atoms with van der Waals surface area (Å²) in [5.41, 5.74) is -1.01. The molecule has 0 unspecified atom stereocenters. The molecule has 0 fully saturated rings. The van der Waals surface area contributed by atoms with Crippen molar-refractivity contribution in [1.82, 2.24) is 0 Å². The highest BCUT2D eigenvalue weighted by atomic mass is 19.4. The van der Waals surface area contributed by atoms with Crippen molar-refractivity contribution in [1.29, 1.82) is 0 Å². The molecule has 0 spiro atoms. The topological polar surface area (TPSA) is 46.5 Å². The highest BCUT2D eigenvalue weighted by molar-refractivity contribution is 5.71. The van der Waals surface area contributed by atoms with Crippen molar-refractivity contribution in [3.63, 3.8) is 0 Å². The average molecular weight is 270 g/mol. The summed E-state index contributed by atoms with van der Waals surface area (Å²) in [5, 5.41) is 8.48. The van der Waals surface area contributed by atoms with Crippen LogP contribution in [0.1, 0.15) is 17.6 Å². The molecular formula is C10H7F5O3. The van der Waals surface area contributed by atoms with Crippen LogP contribution < -0.4 is 4.74 Å². The van der Waals surface area contributed by atoms with Crippen LogP contribution in [0.2, 0.25) is 0 Å². The second-order valence-electron chi connectivity index (χ2n) is 3.29. The van der Waals surface area contributed by atoms with Crippen molar-refractivity contribution in [3.05, 3.63) is 29.3 Å². The molecule has 0 aliphatic rings. The molecule has 0 amide bonds. The van der Waals surface area contributed by atoms with Crippen LogP contribution in [0, 0.1) is 0 Å². The molecule has 3 nitrogen and oxygen atoms in total. The van der Waals surface area contributed by atoms with Crippen molar-refractivity contribution >= 4 is 5.97 Å². The van der Waals surface area contributed by atoms with Gasteiger partial charge in [0.1, 0.15) is 5.75 Å². The molecule has 0 aromatic heterocycles. The molecule has 18 heavy (non-hydrogen) atoms. The van der Waals surface area contributed by atoms with Crippen LogP contribution in [-0.4, -0.2) is 17.4 Å². The Hall–Kier alpha value is -1.86. The van der Waals surface area contributed by atoms with E-state index in [9.17, 15) is 26.7 Å². The van der Waals surface area contributed by atoms with E-state index < -0.39 is 36.5 Å². The molecule has 0 atom stereocenters. The van der Waals surface area contributed by atoms with E-state index >= 15 is 0 Å². The zero-order valence-corrected chi connectivity index (χ0v) is 8.67. The Bertz CT molecular complexity index is 442. The van der Waals surface area contributed by atoms with Crippen LogP contribution in [0.5, 0.6) is 5.75 Å². The molecule has 100 valence electrons. The second kappa shape index (κ2) is 5.19. The number of rotatable bonds is 4. The van der Waals surface area contributed by atoms with Gasteiger partial charge in [-0.3, -0.25) is 4.79 Å². The van der Waals surface area contributed by atoms with E-state index in [2.05, 4.69) is 4.74 Å². The standard InChI is InChI=1S/C10H7F5O3/c11-9(12)6-2-1-5(4-8(16)17)7(3-6)18-10(13,14)15/h1-3,9H,4H2,(H,16,17). The molecule has 0 bridgehead atoms. The van der Waals surface area contributed by atoms with Gasteiger partial charge in [0.2, 0.25) is 0 Å². The van der Waals surface area contributed by atoms with Crippen molar-refractivity contribution < 1.29 is 36.6 Å². The van der Waals surface area contributed by atoms with E-state index in [1.807, 2.05) is 0 Å². The number of alkyl halides is 5. The Labute approximate surface area is 97.8 Å². The molecule has 0 radical (unpaired) electrons. The van der Waals surface area contributed by atoms with E-state index in [0.717, 1.165) is 12.1 Å². The number of halogens is 5. The van der Waals surface area contributed by atoms with E-state index in [0.29, 0.717) is 6.07 Å². The fourth-order valence-electron chi connectivity index (χ4n) is 1.24. The maximum Gasteiger partial charge on any atom is 0.573 e. The van der Waals surface area contributed by atoms with E-state index in [-0.39, 0.29) is 5.56 Å². The Kier molecular flexibility index (Phi) is 4.10. The summed E-state index contributed by atoms with van der Waals surface area (Å²) >= 11 is 0. The Morgan fingerprint density at radius 2 is 1.94 bits per heavy atom. The molecular weight excluding hydrogens is 263 g/mol. The summed E-state index contributed by atoms with van der Waals surface area (Å²) in [4.78, 5) is 10.4. The molecule has 0 aliphatic carbocycles. The molecule has 1 aromatic carbocycles. The first-order valence-electron chi connectivity index (χ1n) is 4.57. The number of benzene rings is 1. The number of hydrogen-bond donors (Lipinski definition) is 1. The fourth-order valence-corrected chi connectivity index (χ4v) is 1.24. The normalized spacial score (nSPS) is 11.7. The molecule has 1 aromatic rings. The highest BCUT2D eigenvalue weighted by Crippen LogP contribution is 2.31. The molecule has 0 aliphatic heterocycles. The zero-order valence-electron chi connectivity index (χ0n) is 8.67. The largest absolute Gasteiger partial charge is 0.573 e. The highest BCUT2D eigenvalue weighted by Gasteiger charge is 2.32. The summed E-state index contributed by atoms with van der Waals surface area (Å²) in [6, 6.07) is 2.21. The lowest BCUT2D eigenvalue weighted by molar-refractivity contribution is -0.275. The van der Waals surface area contributed by atoms with Gasteiger partial charge in [0.15, 0.2) is 0 Å². The van der Waals surface area contributed by atoms with Gasteiger partial charge >= 0.3 is 12.3 Å². The van der Waals surface area contributed by atoms with Gasteiger partial charge in [0, 0.05) is 11.1 Å². The van der Waals surface area contributed by atoms with Gasteiger partial charge in [0.05, 0.1) is 6.42 Å². The lowest BCUT2D eigenvalue weighted by Gasteiger charge is -2.13.